The van der Waals surface area contributed by atoms with E-state index >= 15 is 0 Å². The van der Waals surface area contributed by atoms with E-state index in [4.69, 9.17) is 4.74 Å². The average Bonchev–Trinajstić information content (AvgIpc) is 2.88. The van der Waals surface area contributed by atoms with Crippen LogP contribution in [-0.4, -0.2) is 47.6 Å². The lowest BCUT2D eigenvalue weighted by Crippen LogP contribution is -2.38. The van der Waals surface area contributed by atoms with Crippen molar-refractivity contribution in [2.45, 2.75) is 0 Å². The van der Waals surface area contributed by atoms with Crippen molar-refractivity contribution in [1.29, 1.82) is 0 Å². The highest BCUT2D eigenvalue weighted by Gasteiger charge is 2.36. The molecule has 8 heteroatoms. The number of aromatic hydroxyl groups is 1. The lowest BCUT2D eigenvalue weighted by atomic mass is 10.1. The first-order chi connectivity index (χ1) is 12.5. The van der Waals surface area contributed by atoms with E-state index in [1.54, 1.807) is 30.3 Å². The number of rotatable bonds is 5. The summed E-state index contributed by atoms with van der Waals surface area (Å²) in [5.74, 6) is -1.37. The van der Waals surface area contributed by atoms with Gasteiger partial charge in [-0.1, -0.05) is 12.1 Å². The molecule has 0 spiro atoms. The Bertz CT molecular complexity index is 888. The molecule has 2 N–H and O–H groups in total. The van der Waals surface area contributed by atoms with Crippen molar-refractivity contribution in [2.75, 3.05) is 13.7 Å². The second kappa shape index (κ2) is 7.06. The van der Waals surface area contributed by atoms with E-state index in [1.165, 1.54) is 25.5 Å². The zero-order valence-electron chi connectivity index (χ0n) is 13.8. The third-order valence-electron chi connectivity index (χ3n) is 3.79. The van der Waals surface area contributed by atoms with Gasteiger partial charge in [0, 0.05) is 0 Å². The van der Waals surface area contributed by atoms with Crippen LogP contribution in [0.1, 0.15) is 26.3 Å². The van der Waals surface area contributed by atoms with E-state index in [0.717, 1.165) is 4.90 Å². The van der Waals surface area contributed by atoms with Crippen LogP contribution in [0.15, 0.2) is 47.6 Å². The Labute approximate surface area is 148 Å². The van der Waals surface area contributed by atoms with Gasteiger partial charge in [-0.05, 0) is 35.9 Å². The summed E-state index contributed by atoms with van der Waals surface area (Å²) in [4.78, 5) is 37.2. The van der Waals surface area contributed by atoms with E-state index in [2.05, 4.69) is 10.5 Å². The molecule has 0 fully saturated rings. The fourth-order valence-electron chi connectivity index (χ4n) is 2.52. The maximum absolute atomic E-state index is 12.2. The van der Waals surface area contributed by atoms with Gasteiger partial charge in [0.25, 0.3) is 17.7 Å². The van der Waals surface area contributed by atoms with Gasteiger partial charge in [0.2, 0.25) is 0 Å². The van der Waals surface area contributed by atoms with Gasteiger partial charge in [-0.25, -0.2) is 5.43 Å². The van der Waals surface area contributed by atoms with E-state index < -0.39 is 24.3 Å². The topological polar surface area (TPSA) is 108 Å². The molecule has 0 saturated carbocycles. The van der Waals surface area contributed by atoms with E-state index in [1.807, 2.05) is 0 Å². The highest BCUT2D eigenvalue weighted by molar-refractivity contribution is 6.22. The first kappa shape index (κ1) is 17.2. The molecular weight excluding hydrogens is 338 g/mol. The molecule has 1 heterocycles. The second-order valence-electron chi connectivity index (χ2n) is 5.47. The van der Waals surface area contributed by atoms with Gasteiger partial charge in [0.1, 0.15) is 6.54 Å². The number of benzene rings is 2. The predicted molar refractivity (Wildman–Crippen MR) is 92.2 cm³/mol. The third-order valence-corrected chi connectivity index (χ3v) is 3.79. The van der Waals surface area contributed by atoms with Crippen molar-refractivity contribution in [2.24, 2.45) is 5.10 Å². The van der Waals surface area contributed by atoms with Gasteiger partial charge < -0.3 is 9.84 Å². The Morgan fingerprint density at radius 1 is 1.19 bits per heavy atom. The Morgan fingerprint density at radius 3 is 2.46 bits per heavy atom. The molecule has 132 valence electrons. The number of amides is 3. The summed E-state index contributed by atoms with van der Waals surface area (Å²) in [6.45, 7) is -0.428. The van der Waals surface area contributed by atoms with Crippen LogP contribution in [0.3, 0.4) is 0 Å². The zero-order chi connectivity index (χ0) is 18.7. The molecule has 1 aliphatic rings. The molecule has 8 nitrogen and oxygen atoms in total. The monoisotopic (exact) mass is 353 g/mol. The van der Waals surface area contributed by atoms with Crippen LogP contribution >= 0.6 is 0 Å². The number of methoxy groups -OCH3 is 1. The fourth-order valence-corrected chi connectivity index (χ4v) is 2.52. The predicted octanol–water partition coefficient (Wildman–Crippen LogP) is 1.15. The number of nitrogens with zero attached hydrogens (tertiary/aromatic N) is 2. The zero-order valence-corrected chi connectivity index (χ0v) is 13.8. The minimum atomic E-state index is -0.610. The number of carbonyl (C=O) groups excluding carboxylic acids is 3. The number of nitrogens with one attached hydrogen (secondary N) is 1. The molecule has 0 atom stereocenters. The molecule has 0 aromatic heterocycles. The first-order valence-corrected chi connectivity index (χ1v) is 7.65. The number of phenolic OH excluding ortho intramolecular Hbond substituents is 1. The Balaban J connectivity index is 1.62. The van der Waals surface area contributed by atoms with Gasteiger partial charge in [0.15, 0.2) is 11.5 Å². The second-order valence-corrected chi connectivity index (χ2v) is 5.47. The number of carbonyl (C=O) groups is 3. The van der Waals surface area contributed by atoms with Crippen molar-refractivity contribution in [3.05, 3.63) is 59.2 Å². The van der Waals surface area contributed by atoms with Crippen LogP contribution in [0.5, 0.6) is 11.5 Å². The highest BCUT2D eigenvalue weighted by Crippen LogP contribution is 2.25. The van der Waals surface area contributed by atoms with Crippen LogP contribution < -0.4 is 10.2 Å². The molecule has 2 aromatic carbocycles. The smallest absolute Gasteiger partial charge is 0.262 e. The summed E-state index contributed by atoms with van der Waals surface area (Å²) < 4.78 is 4.98. The molecule has 1 aliphatic heterocycles. The van der Waals surface area contributed by atoms with Gasteiger partial charge in [-0.3, -0.25) is 19.3 Å². The number of ether oxygens (including phenoxy) is 1. The van der Waals surface area contributed by atoms with Crippen molar-refractivity contribution < 1.29 is 24.2 Å². The van der Waals surface area contributed by atoms with Crippen LogP contribution in [0, 0.1) is 0 Å². The van der Waals surface area contributed by atoms with E-state index in [0.29, 0.717) is 5.56 Å². The molecule has 2 aromatic rings. The van der Waals surface area contributed by atoms with Crippen molar-refractivity contribution in [3.63, 3.8) is 0 Å². The van der Waals surface area contributed by atoms with Gasteiger partial charge in [-0.15, -0.1) is 0 Å². The number of hydrogen-bond acceptors (Lipinski definition) is 6. The Hall–Kier alpha value is -3.68. The average molecular weight is 353 g/mol. The molecular formula is C18H15N3O5. The molecule has 3 amide bonds. The standard InChI is InChI=1S/C18H15N3O5/c1-26-15-8-11(6-7-14(15)22)9-19-20-16(23)10-21-17(24)12-4-2-3-5-13(12)18(21)25/h2-9,22H,10H2,1H3,(H,20,23)/b19-9+. The van der Waals surface area contributed by atoms with Crippen LogP contribution in [-0.2, 0) is 4.79 Å². The number of hydrogen-bond donors (Lipinski definition) is 2. The Kier molecular flexibility index (Phi) is 4.66. The lowest BCUT2D eigenvalue weighted by molar-refractivity contribution is -0.121. The summed E-state index contributed by atoms with van der Waals surface area (Å²) in [7, 11) is 1.42. The molecule has 3 rings (SSSR count). The fraction of sp³-hybridized carbons (Fsp3) is 0.111. The number of imide groups is 1. The van der Waals surface area contributed by atoms with E-state index in [-0.39, 0.29) is 22.6 Å². The number of phenols is 1. The summed E-state index contributed by atoms with van der Waals surface area (Å²) in [5, 5.41) is 13.3. The number of hydrazone groups is 1. The van der Waals surface area contributed by atoms with Crippen molar-refractivity contribution in [3.8, 4) is 11.5 Å². The molecule has 0 saturated heterocycles. The van der Waals surface area contributed by atoms with Crippen molar-refractivity contribution >= 4 is 23.9 Å². The molecule has 0 bridgehead atoms. The van der Waals surface area contributed by atoms with E-state index in [9.17, 15) is 19.5 Å². The highest BCUT2D eigenvalue weighted by atomic mass is 16.5. The normalized spacial score (nSPS) is 13.2. The quantitative estimate of drug-likeness (QED) is 0.476. The first-order valence-electron chi connectivity index (χ1n) is 7.65. The summed E-state index contributed by atoms with van der Waals surface area (Å²) in [6, 6.07) is 11.0. The largest absolute Gasteiger partial charge is 0.504 e. The maximum atomic E-state index is 12.2. The molecule has 0 radical (unpaired) electrons. The maximum Gasteiger partial charge on any atom is 0.262 e. The minimum absolute atomic E-state index is 0.0145. The minimum Gasteiger partial charge on any atom is -0.504 e. The molecule has 26 heavy (non-hydrogen) atoms. The summed E-state index contributed by atoms with van der Waals surface area (Å²) >= 11 is 0. The molecule has 0 aliphatic carbocycles. The van der Waals surface area contributed by atoms with Crippen molar-refractivity contribution in [1.82, 2.24) is 10.3 Å². The number of fused-ring (bicyclic) bond motifs is 1. The Morgan fingerprint density at radius 2 is 1.85 bits per heavy atom. The van der Waals surface area contributed by atoms with Crippen LogP contribution in [0.4, 0.5) is 0 Å². The van der Waals surface area contributed by atoms with Crippen LogP contribution in [0.25, 0.3) is 0 Å². The summed E-state index contributed by atoms with van der Waals surface area (Å²) in [6.07, 6.45) is 1.35. The van der Waals surface area contributed by atoms with Crippen LogP contribution in [0.2, 0.25) is 0 Å². The van der Waals surface area contributed by atoms with Gasteiger partial charge >= 0.3 is 0 Å². The third kappa shape index (κ3) is 3.25. The lowest BCUT2D eigenvalue weighted by Gasteiger charge is -2.11. The summed E-state index contributed by atoms with van der Waals surface area (Å²) in [5.41, 5.74) is 3.41. The van der Waals surface area contributed by atoms with Gasteiger partial charge in [-0.2, -0.15) is 5.10 Å². The SMILES string of the molecule is COc1cc(/C=N/NC(=O)CN2C(=O)c3ccccc3C2=O)ccc1O. The molecule has 0 unspecified atom stereocenters. The van der Waals surface area contributed by atoms with Gasteiger partial charge in [0.05, 0.1) is 24.5 Å².